The van der Waals surface area contributed by atoms with E-state index in [2.05, 4.69) is 0 Å². The Balaban J connectivity index is 1.64. The highest BCUT2D eigenvalue weighted by Crippen LogP contribution is 2.30. The van der Waals surface area contributed by atoms with Gasteiger partial charge in [0.2, 0.25) is 0 Å². The molecule has 9 heteroatoms. The molecule has 0 aromatic heterocycles. The number of ether oxygens (including phenoxy) is 4. The van der Waals surface area contributed by atoms with Gasteiger partial charge in [0.15, 0.2) is 11.5 Å². The molecule has 0 N–H and O–H groups in total. The van der Waals surface area contributed by atoms with E-state index in [9.17, 15) is 9.59 Å². The number of rotatable bonds is 7. The van der Waals surface area contributed by atoms with E-state index in [1.165, 1.54) is 0 Å². The van der Waals surface area contributed by atoms with Crippen LogP contribution in [0.5, 0.6) is 11.5 Å². The predicted molar refractivity (Wildman–Crippen MR) is 133 cm³/mol. The number of halogens is 1. The van der Waals surface area contributed by atoms with E-state index in [4.69, 9.17) is 30.5 Å². The van der Waals surface area contributed by atoms with Crippen LogP contribution in [0.25, 0.3) is 0 Å². The molecule has 0 unspecified atom stereocenters. The van der Waals surface area contributed by atoms with Crippen LogP contribution in [-0.4, -0.2) is 67.0 Å². The molecule has 2 aromatic carbocycles. The van der Waals surface area contributed by atoms with E-state index < -0.39 is 17.8 Å². The minimum absolute atomic E-state index is 0.191. The largest absolute Gasteiger partial charge is 0.493 e. The number of carbonyl (C=O) groups is 2. The summed E-state index contributed by atoms with van der Waals surface area (Å²) in [6.07, 6.45) is -0.347. The maximum absolute atomic E-state index is 12.9. The predicted octanol–water partition coefficient (Wildman–Crippen LogP) is 5.38. The lowest BCUT2D eigenvalue weighted by atomic mass is 10.1. The van der Waals surface area contributed by atoms with Crippen LogP contribution in [0.1, 0.15) is 32.8 Å². The summed E-state index contributed by atoms with van der Waals surface area (Å²) >= 11 is 6.03. The van der Waals surface area contributed by atoms with Gasteiger partial charge < -0.3 is 28.7 Å². The smallest absolute Gasteiger partial charge is 0.410 e. The third-order valence-corrected chi connectivity index (χ3v) is 5.64. The van der Waals surface area contributed by atoms with Crippen molar-refractivity contribution in [3.8, 4) is 11.5 Å². The molecule has 35 heavy (non-hydrogen) atoms. The molecule has 1 atom stereocenters. The molecule has 8 nitrogen and oxygen atoms in total. The highest BCUT2D eigenvalue weighted by Gasteiger charge is 2.35. The molecule has 0 spiro atoms. The molecule has 1 aliphatic heterocycles. The summed E-state index contributed by atoms with van der Waals surface area (Å²) in [4.78, 5) is 28.9. The highest BCUT2D eigenvalue weighted by atomic mass is 35.5. The lowest BCUT2D eigenvalue weighted by Crippen LogP contribution is -2.57. The van der Waals surface area contributed by atoms with Crippen LogP contribution in [-0.2, 0) is 16.1 Å². The number of methoxy groups -OCH3 is 1. The van der Waals surface area contributed by atoms with E-state index in [1.807, 2.05) is 51.1 Å². The second kappa shape index (κ2) is 12.0. The molecular formula is C26H33ClN2O6. The van der Waals surface area contributed by atoms with Gasteiger partial charge >= 0.3 is 12.2 Å². The van der Waals surface area contributed by atoms with Crippen LogP contribution < -0.4 is 9.47 Å². The average Bonchev–Trinajstić information content (AvgIpc) is 2.82. The van der Waals surface area contributed by atoms with Crippen LogP contribution in [0.3, 0.4) is 0 Å². The van der Waals surface area contributed by atoms with Crippen molar-refractivity contribution < 1.29 is 28.5 Å². The molecule has 0 aliphatic carbocycles. The fraction of sp³-hybridized carbons (Fsp3) is 0.462. The number of nitrogens with zero attached hydrogens (tertiary/aromatic N) is 2. The van der Waals surface area contributed by atoms with Gasteiger partial charge in [-0.05, 0) is 38.5 Å². The van der Waals surface area contributed by atoms with Crippen LogP contribution in [0, 0.1) is 0 Å². The summed E-state index contributed by atoms with van der Waals surface area (Å²) in [5.41, 5.74) is 0.288. The van der Waals surface area contributed by atoms with Gasteiger partial charge in [0.25, 0.3) is 0 Å². The Labute approximate surface area is 211 Å². The molecule has 1 fully saturated rings. The second-order valence-electron chi connectivity index (χ2n) is 9.25. The van der Waals surface area contributed by atoms with Crippen molar-refractivity contribution in [2.75, 3.05) is 33.4 Å². The van der Waals surface area contributed by atoms with Crippen molar-refractivity contribution in [2.24, 2.45) is 0 Å². The summed E-state index contributed by atoms with van der Waals surface area (Å²) in [5.74, 6) is 1.08. The topological polar surface area (TPSA) is 77.5 Å². The zero-order valence-corrected chi connectivity index (χ0v) is 21.4. The summed E-state index contributed by atoms with van der Waals surface area (Å²) in [5, 5.41) is 0.544. The zero-order valence-electron chi connectivity index (χ0n) is 20.7. The molecule has 2 amide bonds. The molecular weight excluding hydrogens is 472 g/mol. The molecule has 1 aliphatic rings. The first-order valence-electron chi connectivity index (χ1n) is 11.6. The Kier molecular flexibility index (Phi) is 9.09. The highest BCUT2D eigenvalue weighted by molar-refractivity contribution is 6.30. The Bertz CT molecular complexity index is 995. The van der Waals surface area contributed by atoms with Crippen molar-refractivity contribution in [3.63, 3.8) is 0 Å². The van der Waals surface area contributed by atoms with Gasteiger partial charge in [-0.25, -0.2) is 9.59 Å². The van der Waals surface area contributed by atoms with Crippen molar-refractivity contribution in [1.29, 1.82) is 0 Å². The fourth-order valence-corrected chi connectivity index (χ4v) is 3.87. The van der Waals surface area contributed by atoms with Gasteiger partial charge in [0.1, 0.15) is 12.2 Å². The monoisotopic (exact) mass is 504 g/mol. The van der Waals surface area contributed by atoms with Crippen molar-refractivity contribution in [2.45, 2.75) is 45.4 Å². The standard InChI is InChI=1S/C26H33ClN2O6/c1-26(2,3)35-25(31)29-14-13-28(24(30)34-18-19-8-6-5-7-9-19)17-21(29)12-15-33-22-11-10-20(27)16-23(22)32-4/h5-11,16,21H,12-15,17-18H2,1-4H3/t21-/m1/s1. The van der Waals surface area contributed by atoms with E-state index >= 15 is 0 Å². The van der Waals surface area contributed by atoms with Gasteiger partial charge in [0.05, 0.1) is 19.8 Å². The summed E-state index contributed by atoms with van der Waals surface area (Å²) in [6, 6.07) is 14.3. The van der Waals surface area contributed by atoms with Crippen LogP contribution in [0.2, 0.25) is 5.02 Å². The molecule has 190 valence electrons. The number of piperazine rings is 1. The van der Waals surface area contributed by atoms with Crippen molar-refractivity contribution >= 4 is 23.8 Å². The molecule has 2 aromatic rings. The molecule has 0 radical (unpaired) electrons. The summed E-state index contributed by atoms with van der Waals surface area (Å²) in [6.45, 7) is 6.98. The summed E-state index contributed by atoms with van der Waals surface area (Å²) in [7, 11) is 1.54. The third-order valence-electron chi connectivity index (χ3n) is 5.41. The average molecular weight is 505 g/mol. The number of hydrogen-bond acceptors (Lipinski definition) is 6. The normalized spacial score (nSPS) is 16.0. The van der Waals surface area contributed by atoms with E-state index in [1.54, 1.807) is 35.1 Å². The number of amides is 2. The van der Waals surface area contributed by atoms with Gasteiger partial charge in [-0.15, -0.1) is 0 Å². The Hall–Kier alpha value is -3.13. The van der Waals surface area contributed by atoms with Crippen LogP contribution >= 0.6 is 11.6 Å². The van der Waals surface area contributed by atoms with E-state index in [-0.39, 0.29) is 12.6 Å². The first-order chi connectivity index (χ1) is 16.7. The summed E-state index contributed by atoms with van der Waals surface area (Å²) < 4.78 is 22.3. The number of benzene rings is 2. The maximum Gasteiger partial charge on any atom is 0.410 e. The SMILES string of the molecule is COc1cc(Cl)ccc1OCC[C@@H]1CN(C(=O)OCc2ccccc2)CCN1C(=O)OC(C)(C)C. The molecule has 1 heterocycles. The Morgan fingerprint density at radius 2 is 1.77 bits per heavy atom. The lowest BCUT2D eigenvalue weighted by molar-refractivity contribution is -0.00618. The van der Waals surface area contributed by atoms with Crippen LogP contribution in [0.4, 0.5) is 9.59 Å². The van der Waals surface area contributed by atoms with Gasteiger partial charge in [-0.1, -0.05) is 41.9 Å². The van der Waals surface area contributed by atoms with Crippen LogP contribution in [0.15, 0.2) is 48.5 Å². The van der Waals surface area contributed by atoms with Gasteiger partial charge in [0, 0.05) is 37.1 Å². The second-order valence-corrected chi connectivity index (χ2v) is 9.68. The lowest BCUT2D eigenvalue weighted by Gasteiger charge is -2.41. The van der Waals surface area contributed by atoms with Gasteiger partial charge in [-0.3, -0.25) is 0 Å². The molecule has 3 rings (SSSR count). The molecule has 1 saturated heterocycles. The van der Waals surface area contributed by atoms with Crippen molar-refractivity contribution in [3.05, 3.63) is 59.1 Å². The van der Waals surface area contributed by atoms with Crippen molar-refractivity contribution in [1.82, 2.24) is 9.80 Å². The molecule has 0 saturated carbocycles. The van der Waals surface area contributed by atoms with Gasteiger partial charge in [-0.2, -0.15) is 0 Å². The Morgan fingerprint density at radius 1 is 1.03 bits per heavy atom. The minimum Gasteiger partial charge on any atom is -0.493 e. The first-order valence-corrected chi connectivity index (χ1v) is 12.0. The first kappa shape index (κ1) is 26.5. The quantitative estimate of drug-likeness (QED) is 0.504. The molecule has 0 bridgehead atoms. The van der Waals surface area contributed by atoms with E-state index in [0.717, 1.165) is 5.56 Å². The third kappa shape index (κ3) is 7.96. The number of hydrogen-bond donors (Lipinski definition) is 0. The minimum atomic E-state index is -0.624. The fourth-order valence-electron chi connectivity index (χ4n) is 3.71. The zero-order chi connectivity index (χ0) is 25.4. The maximum atomic E-state index is 12.9. The number of carbonyl (C=O) groups excluding carboxylic acids is 2. The Morgan fingerprint density at radius 3 is 2.46 bits per heavy atom. The van der Waals surface area contributed by atoms with E-state index in [0.29, 0.717) is 49.2 Å².